The predicted octanol–water partition coefficient (Wildman–Crippen LogP) is 5.54. The number of hydrogen-bond acceptors (Lipinski definition) is 4. The van der Waals surface area contributed by atoms with Crippen molar-refractivity contribution in [3.63, 3.8) is 0 Å². The molecule has 3 aromatic carbocycles. The van der Waals surface area contributed by atoms with E-state index in [1.807, 2.05) is 30.3 Å². The van der Waals surface area contributed by atoms with Gasteiger partial charge in [-0.2, -0.15) is 0 Å². The van der Waals surface area contributed by atoms with Gasteiger partial charge in [-0.3, -0.25) is 0 Å². The lowest BCUT2D eigenvalue weighted by molar-refractivity contribution is -0.149. The first-order valence-electron chi connectivity index (χ1n) is 12.5. The van der Waals surface area contributed by atoms with Gasteiger partial charge < -0.3 is 24.8 Å². The van der Waals surface area contributed by atoms with E-state index in [2.05, 4.69) is 5.32 Å². The maximum absolute atomic E-state index is 13.6. The van der Waals surface area contributed by atoms with Gasteiger partial charge in [-0.1, -0.05) is 42.5 Å². The molecule has 3 rings (SSSR count). The molecule has 2 N–H and O–H groups in total. The van der Waals surface area contributed by atoms with Crippen molar-refractivity contribution >= 4 is 17.7 Å². The number of nitrogens with one attached hydrogen (secondary N) is 1. The zero-order valence-electron chi connectivity index (χ0n) is 21.2. The van der Waals surface area contributed by atoms with Crippen LogP contribution in [0.25, 0.3) is 0 Å². The number of nitrogens with zero attached hydrogens (tertiary/aromatic N) is 1. The molecule has 7 nitrogen and oxygen atoms in total. The number of carboxylic acids is 1. The summed E-state index contributed by atoms with van der Waals surface area (Å²) in [5, 5.41) is 11.9. The highest BCUT2D eigenvalue weighted by molar-refractivity contribution is 5.89. The number of urea groups is 1. The Labute approximate surface area is 221 Å². The van der Waals surface area contributed by atoms with Gasteiger partial charge in [0, 0.05) is 31.3 Å². The van der Waals surface area contributed by atoms with Gasteiger partial charge in [-0.05, 0) is 55.2 Å². The van der Waals surface area contributed by atoms with Gasteiger partial charge in [0.1, 0.15) is 12.4 Å². The molecule has 0 saturated heterocycles. The van der Waals surface area contributed by atoms with E-state index in [-0.39, 0.29) is 25.3 Å². The normalized spacial score (nSPS) is 11.6. The lowest BCUT2D eigenvalue weighted by atomic mass is 10.1. The Hall–Kier alpha value is -3.98. The topological polar surface area (TPSA) is 88.1 Å². The number of anilines is 1. The highest BCUT2D eigenvalue weighted by atomic mass is 19.2. The monoisotopic (exact) mass is 526 g/mol. The number of amides is 2. The smallest absolute Gasteiger partial charge is 0.333 e. The van der Waals surface area contributed by atoms with Gasteiger partial charge >= 0.3 is 12.0 Å². The van der Waals surface area contributed by atoms with Crippen LogP contribution >= 0.6 is 0 Å². The molecule has 0 aliphatic heterocycles. The predicted molar refractivity (Wildman–Crippen MR) is 140 cm³/mol. The summed E-state index contributed by atoms with van der Waals surface area (Å²) in [4.78, 5) is 25.8. The van der Waals surface area contributed by atoms with Crippen LogP contribution in [0.2, 0.25) is 0 Å². The molecular weight excluding hydrogens is 494 g/mol. The minimum Gasteiger partial charge on any atom is -0.492 e. The molecule has 3 aromatic rings. The van der Waals surface area contributed by atoms with Crippen molar-refractivity contribution in [1.29, 1.82) is 0 Å². The second-order valence-electron chi connectivity index (χ2n) is 8.61. The van der Waals surface area contributed by atoms with E-state index in [4.69, 9.17) is 9.47 Å². The number of aryl methyl sites for hydroxylation is 1. The standard InChI is InChI=1S/C29H32F2N2O5/c1-2-37-27(28(34)35)19-22-10-13-24(14-11-22)38-18-17-33(16-6-9-21-7-4-3-5-8-21)29(36)32-23-12-15-25(30)26(31)20-23/h3-5,7-8,10-15,20,27H,2,6,9,16-19H2,1H3,(H,32,36)(H,34,35). The number of halogens is 2. The molecule has 0 aliphatic rings. The Morgan fingerprint density at radius 3 is 2.34 bits per heavy atom. The van der Waals surface area contributed by atoms with Gasteiger partial charge in [0.05, 0.1) is 6.54 Å². The highest BCUT2D eigenvalue weighted by Crippen LogP contribution is 2.16. The van der Waals surface area contributed by atoms with Crippen molar-refractivity contribution in [2.75, 3.05) is 31.6 Å². The summed E-state index contributed by atoms with van der Waals surface area (Å²) in [6.45, 7) is 2.95. The summed E-state index contributed by atoms with van der Waals surface area (Å²) in [6, 6.07) is 19.7. The molecule has 0 saturated carbocycles. The Kier molecular flexibility index (Phi) is 11.0. The number of carbonyl (C=O) groups is 2. The van der Waals surface area contributed by atoms with Crippen molar-refractivity contribution in [2.24, 2.45) is 0 Å². The van der Waals surface area contributed by atoms with E-state index in [1.54, 1.807) is 36.1 Å². The van der Waals surface area contributed by atoms with Crippen LogP contribution in [-0.4, -0.2) is 54.4 Å². The number of benzene rings is 3. The van der Waals surface area contributed by atoms with E-state index in [9.17, 15) is 23.5 Å². The van der Waals surface area contributed by atoms with Crippen molar-refractivity contribution in [3.8, 4) is 5.75 Å². The van der Waals surface area contributed by atoms with E-state index < -0.39 is 29.7 Å². The van der Waals surface area contributed by atoms with Crippen LogP contribution < -0.4 is 10.1 Å². The Morgan fingerprint density at radius 2 is 1.68 bits per heavy atom. The fourth-order valence-electron chi connectivity index (χ4n) is 3.84. The molecule has 0 aliphatic carbocycles. The lowest BCUT2D eigenvalue weighted by Gasteiger charge is -2.23. The van der Waals surface area contributed by atoms with Gasteiger partial charge in [0.2, 0.25) is 0 Å². The van der Waals surface area contributed by atoms with Crippen LogP contribution in [0.1, 0.15) is 24.5 Å². The third-order valence-electron chi connectivity index (χ3n) is 5.81. The van der Waals surface area contributed by atoms with Crippen LogP contribution in [0.5, 0.6) is 5.75 Å². The minimum absolute atomic E-state index is 0.158. The zero-order valence-corrected chi connectivity index (χ0v) is 21.2. The van der Waals surface area contributed by atoms with Gasteiger partial charge in [-0.15, -0.1) is 0 Å². The third-order valence-corrected chi connectivity index (χ3v) is 5.81. The second kappa shape index (κ2) is 14.7. The van der Waals surface area contributed by atoms with E-state index in [0.717, 1.165) is 29.7 Å². The number of ether oxygens (including phenoxy) is 2. The maximum atomic E-state index is 13.6. The quantitative estimate of drug-likeness (QED) is 0.288. The maximum Gasteiger partial charge on any atom is 0.333 e. The Bertz CT molecular complexity index is 1180. The molecule has 9 heteroatoms. The molecule has 38 heavy (non-hydrogen) atoms. The van der Waals surface area contributed by atoms with Crippen LogP contribution in [0.15, 0.2) is 72.8 Å². The van der Waals surface area contributed by atoms with Crippen molar-refractivity contribution in [3.05, 3.63) is 95.6 Å². The lowest BCUT2D eigenvalue weighted by Crippen LogP contribution is -2.38. The summed E-state index contributed by atoms with van der Waals surface area (Å²) in [5.74, 6) is -2.47. The van der Waals surface area contributed by atoms with Crippen molar-refractivity contribution < 1.29 is 33.0 Å². The summed E-state index contributed by atoms with van der Waals surface area (Å²) in [7, 11) is 0. The van der Waals surface area contributed by atoms with Gasteiger partial charge in [-0.25, -0.2) is 18.4 Å². The second-order valence-corrected chi connectivity index (χ2v) is 8.61. The molecule has 0 heterocycles. The van der Waals surface area contributed by atoms with Crippen LogP contribution in [0.3, 0.4) is 0 Å². The molecule has 0 spiro atoms. The molecular formula is C29H32F2N2O5. The molecule has 0 fully saturated rings. The molecule has 0 radical (unpaired) electrons. The molecule has 202 valence electrons. The summed E-state index contributed by atoms with van der Waals surface area (Å²) in [5.41, 5.74) is 2.11. The molecule has 1 atom stereocenters. The molecule has 0 aromatic heterocycles. The third kappa shape index (κ3) is 9.15. The first kappa shape index (κ1) is 28.6. The Balaban J connectivity index is 1.57. The number of carboxylic acid groups (broad SMARTS) is 1. The first-order chi connectivity index (χ1) is 18.4. The number of hydrogen-bond donors (Lipinski definition) is 2. The zero-order chi connectivity index (χ0) is 27.3. The number of aliphatic carboxylic acids is 1. The minimum atomic E-state index is -1.04. The Morgan fingerprint density at radius 1 is 0.947 bits per heavy atom. The van der Waals surface area contributed by atoms with E-state index in [1.165, 1.54) is 6.07 Å². The van der Waals surface area contributed by atoms with Crippen LogP contribution in [0.4, 0.5) is 19.3 Å². The molecule has 2 amide bonds. The highest BCUT2D eigenvalue weighted by Gasteiger charge is 2.18. The van der Waals surface area contributed by atoms with E-state index in [0.29, 0.717) is 25.3 Å². The number of rotatable bonds is 14. The summed E-state index contributed by atoms with van der Waals surface area (Å²) in [6.07, 6.45) is 0.804. The van der Waals surface area contributed by atoms with Crippen LogP contribution in [0, 0.1) is 11.6 Å². The average molecular weight is 527 g/mol. The summed E-state index contributed by atoms with van der Waals surface area (Å²) >= 11 is 0. The van der Waals surface area contributed by atoms with Crippen LogP contribution in [-0.2, 0) is 22.4 Å². The molecule has 1 unspecified atom stereocenters. The SMILES string of the molecule is CCOC(Cc1ccc(OCCN(CCCc2ccccc2)C(=O)Nc2ccc(F)c(F)c2)cc1)C(=O)O. The summed E-state index contributed by atoms with van der Waals surface area (Å²) < 4.78 is 37.9. The van der Waals surface area contributed by atoms with Crippen molar-refractivity contribution in [2.45, 2.75) is 32.3 Å². The largest absolute Gasteiger partial charge is 0.492 e. The number of carbonyl (C=O) groups excluding carboxylic acids is 1. The fourth-order valence-corrected chi connectivity index (χ4v) is 3.84. The average Bonchev–Trinajstić information content (AvgIpc) is 2.91. The van der Waals surface area contributed by atoms with Gasteiger partial charge in [0.25, 0.3) is 0 Å². The van der Waals surface area contributed by atoms with E-state index >= 15 is 0 Å². The van der Waals surface area contributed by atoms with Gasteiger partial charge in [0.15, 0.2) is 17.7 Å². The molecule has 0 bridgehead atoms. The fraction of sp³-hybridized carbons (Fsp3) is 0.310. The van der Waals surface area contributed by atoms with Crippen molar-refractivity contribution in [1.82, 2.24) is 4.90 Å². The first-order valence-corrected chi connectivity index (χ1v) is 12.5.